The van der Waals surface area contributed by atoms with Gasteiger partial charge >= 0.3 is 0 Å². The van der Waals surface area contributed by atoms with Crippen LogP contribution < -0.4 is 10.1 Å². The van der Waals surface area contributed by atoms with Gasteiger partial charge in [-0.1, -0.05) is 0 Å². The lowest BCUT2D eigenvalue weighted by Crippen LogP contribution is -2.08. The maximum Gasteiger partial charge on any atom is 0.221 e. The molecule has 1 aromatic heterocycles. The number of aromatic nitrogens is 1. The zero-order valence-corrected chi connectivity index (χ0v) is 8.83. The maximum absolute atomic E-state index is 11.1. The first-order valence-corrected chi connectivity index (χ1v) is 4.37. The van der Waals surface area contributed by atoms with E-state index in [4.69, 9.17) is 4.74 Å². The molecule has 15 heavy (non-hydrogen) atoms. The summed E-state index contributed by atoms with van der Waals surface area (Å²) in [7, 11) is 1.45. The van der Waals surface area contributed by atoms with Crippen molar-refractivity contribution >= 4 is 17.4 Å². The summed E-state index contributed by atoms with van der Waals surface area (Å²) in [4.78, 5) is 25.9. The highest BCUT2D eigenvalue weighted by Gasteiger charge is 2.07. The van der Waals surface area contributed by atoms with Crippen LogP contribution in [0, 0.1) is 0 Å². The van der Waals surface area contributed by atoms with E-state index in [1.54, 1.807) is 6.07 Å². The van der Waals surface area contributed by atoms with Crippen LogP contribution >= 0.6 is 0 Å². The van der Waals surface area contributed by atoms with Crippen LogP contribution in [0.4, 0.5) is 5.69 Å². The molecule has 0 aliphatic rings. The number of pyridine rings is 1. The van der Waals surface area contributed by atoms with Crippen LogP contribution in [0.5, 0.6) is 5.88 Å². The lowest BCUT2D eigenvalue weighted by Gasteiger charge is -2.06. The van der Waals surface area contributed by atoms with Crippen LogP contribution in [0.15, 0.2) is 12.1 Å². The lowest BCUT2D eigenvalue weighted by molar-refractivity contribution is -0.114. The Morgan fingerprint density at radius 3 is 2.47 bits per heavy atom. The first kappa shape index (κ1) is 11.2. The Labute approximate surface area is 87.5 Å². The van der Waals surface area contributed by atoms with Gasteiger partial charge < -0.3 is 10.1 Å². The van der Waals surface area contributed by atoms with E-state index in [-0.39, 0.29) is 17.4 Å². The number of nitrogens with zero attached hydrogens (tertiary/aromatic N) is 1. The molecule has 0 aromatic carbocycles. The molecule has 0 saturated carbocycles. The van der Waals surface area contributed by atoms with Crippen molar-refractivity contribution in [1.82, 2.24) is 4.98 Å². The molecular weight excluding hydrogens is 196 g/mol. The third-order valence-corrected chi connectivity index (χ3v) is 1.69. The van der Waals surface area contributed by atoms with Gasteiger partial charge in [0.25, 0.3) is 0 Å². The first-order chi connectivity index (χ1) is 7.02. The number of amides is 1. The van der Waals surface area contributed by atoms with Crippen LogP contribution in [0.2, 0.25) is 0 Å². The third kappa shape index (κ3) is 3.05. The Hall–Kier alpha value is -1.91. The van der Waals surface area contributed by atoms with E-state index in [1.807, 2.05) is 0 Å². The minimum Gasteiger partial charge on any atom is -0.481 e. The molecule has 0 bridgehead atoms. The fourth-order valence-corrected chi connectivity index (χ4v) is 1.07. The van der Waals surface area contributed by atoms with Crippen molar-refractivity contribution in [3.63, 3.8) is 0 Å². The van der Waals surface area contributed by atoms with E-state index in [0.29, 0.717) is 11.6 Å². The van der Waals surface area contributed by atoms with E-state index in [2.05, 4.69) is 10.3 Å². The Kier molecular flexibility index (Phi) is 3.38. The third-order valence-electron chi connectivity index (χ3n) is 1.69. The molecule has 1 rings (SSSR count). The summed E-state index contributed by atoms with van der Waals surface area (Å²) in [5.41, 5.74) is 0.762. The van der Waals surface area contributed by atoms with Crippen molar-refractivity contribution in [3.05, 3.63) is 17.8 Å². The molecule has 0 fully saturated rings. The van der Waals surface area contributed by atoms with E-state index in [0.717, 1.165) is 0 Å². The van der Waals surface area contributed by atoms with Crippen LogP contribution in [-0.2, 0) is 4.79 Å². The number of carbonyl (C=O) groups excluding carboxylic acids is 2. The Bertz CT molecular complexity index is 402. The number of carbonyl (C=O) groups is 2. The van der Waals surface area contributed by atoms with Gasteiger partial charge in [-0.2, -0.15) is 0 Å². The number of ether oxygens (including phenoxy) is 1. The second kappa shape index (κ2) is 4.54. The van der Waals surface area contributed by atoms with Gasteiger partial charge in [0.1, 0.15) is 5.69 Å². The average molecular weight is 208 g/mol. The zero-order valence-electron chi connectivity index (χ0n) is 8.83. The molecule has 0 unspecified atom stereocenters. The monoisotopic (exact) mass is 208 g/mol. The fourth-order valence-electron chi connectivity index (χ4n) is 1.07. The van der Waals surface area contributed by atoms with Gasteiger partial charge in [0.05, 0.1) is 7.11 Å². The van der Waals surface area contributed by atoms with E-state index in [9.17, 15) is 9.59 Å². The summed E-state index contributed by atoms with van der Waals surface area (Å²) >= 11 is 0. The number of Topliss-reactive ketones (excluding diaryl/α,β-unsaturated/α-hetero) is 1. The van der Waals surface area contributed by atoms with Gasteiger partial charge in [0.2, 0.25) is 11.8 Å². The fraction of sp³-hybridized carbons (Fsp3) is 0.300. The predicted octanol–water partition coefficient (Wildman–Crippen LogP) is 1.25. The summed E-state index contributed by atoms with van der Waals surface area (Å²) in [6, 6.07) is 3.06. The average Bonchev–Trinajstić information content (AvgIpc) is 2.16. The topological polar surface area (TPSA) is 68.3 Å². The van der Waals surface area contributed by atoms with E-state index >= 15 is 0 Å². The quantitative estimate of drug-likeness (QED) is 0.759. The van der Waals surface area contributed by atoms with Crippen LogP contribution in [-0.4, -0.2) is 23.8 Å². The number of nitrogens with one attached hydrogen (secondary N) is 1. The largest absolute Gasteiger partial charge is 0.481 e. The normalized spacial score (nSPS) is 9.53. The molecule has 1 N–H and O–H groups in total. The van der Waals surface area contributed by atoms with Crippen LogP contribution in [0.25, 0.3) is 0 Å². The number of ketones is 1. The van der Waals surface area contributed by atoms with Crippen molar-refractivity contribution in [2.24, 2.45) is 0 Å². The molecule has 0 spiro atoms. The van der Waals surface area contributed by atoms with Crippen LogP contribution in [0.3, 0.4) is 0 Å². The smallest absolute Gasteiger partial charge is 0.221 e. The van der Waals surface area contributed by atoms with Crippen molar-refractivity contribution in [1.29, 1.82) is 0 Å². The second-order valence-electron chi connectivity index (χ2n) is 3.02. The van der Waals surface area contributed by atoms with E-state index < -0.39 is 0 Å². The predicted molar refractivity (Wildman–Crippen MR) is 55.1 cm³/mol. The Morgan fingerprint density at radius 1 is 1.33 bits per heavy atom. The van der Waals surface area contributed by atoms with Gasteiger partial charge in [-0.3, -0.25) is 9.59 Å². The molecule has 1 amide bonds. The number of hydrogen-bond acceptors (Lipinski definition) is 4. The van der Waals surface area contributed by atoms with Crippen molar-refractivity contribution < 1.29 is 14.3 Å². The highest BCUT2D eigenvalue weighted by atomic mass is 16.5. The van der Waals surface area contributed by atoms with Gasteiger partial charge in [-0.05, 0) is 6.07 Å². The molecule has 5 nitrogen and oxygen atoms in total. The first-order valence-electron chi connectivity index (χ1n) is 4.37. The maximum atomic E-state index is 11.1. The molecule has 0 atom stereocenters. The summed E-state index contributed by atoms with van der Waals surface area (Å²) < 4.78 is 4.91. The Morgan fingerprint density at radius 2 is 2.00 bits per heavy atom. The van der Waals surface area contributed by atoms with Crippen molar-refractivity contribution in [3.8, 4) is 5.88 Å². The van der Waals surface area contributed by atoms with Gasteiger partial charge in [0, 0.05) is 25.6 Å². The molecule has 80 valence electrons. The minimum absolute atomic E-state index is 0.180. The van der Waals surface area contributed by atoms with Gasteiger partial charge in [0.15, 0.2) is 5.78 Å². The highest BCUT2D eigenvalue weighted by molar-refractivity contribution is 5.95. The standard InChI is InChI=1S/C10H12N2O3/c1-6(13)9-4-8(11-7(2)14)5-10(12-9)15-3/h4-5H,1-3H3,(H,11,12,14). The number of methoxy groups -OCH3 is 1. The summed E-state index contributed by atoms with van der Waals surface area (Å²) in [5, 5.41) is 2.56. The van der Waals surface area contributed by atoms with E-state index in [1.165, 1.54) is 27.0 Å². The molecule has 0 radical (unpaired) electrons. The highest BCUT2D eigenvalue weighted by Crippen LogP contribution is 2.17. The molecule has 5 heteroatoms. The SMILES string of the molecule is COc1cc(NC(C)=O)cc(C(C)=O)n1. The second-order valence-corrected chi connectivity index (χ2v) is 3.02. The minimum atomic E-state index is -0.210. The molecule has 0 aliphatic carbocycles. The Balaban J connectivity index is 3.11. The zero-order chi connectivity index (χ0) is 11.4. The van der Waals surface area contributed by atoms with Gasteiger partial charge in [-0.25, -0.2) is 4.98 Å². The van der Waals surface area contributed by atoms with Gasteiger partial charge in [-0.15, -0.1) is 0 Å². The molecule has 0 saturated heterocycles. The molecular formula is C10H12N2O3. The number of anilines is 1. The number of rotatable bonds is 3. The van der Waals surface area contributed by atoms with Crippen LogP contribution in [0.1, 0.15) is 24.3 Å². The molecule has 1 aromatic rings. The molecule has 1 heterocycles. The summed E-state index contributed by atoms with van der Waals surface area (Å²) in [6.07, 6.45) is 0. The van der Waals surface area contributed by atoms with Crippen molar-refractivity contribution in [2.75, 3.05) is 12.4 Å². The summed E-state index contributed by atoms with van der Waals surface area (Å²) in [5.74, 6) is -0.0929. The van der Waals surface area contributed by atoms with Crippen molar-refractivity contribution in [2.45, 2.75) is 13.8 Å². The lowest BCUT2D eigenvalue weighted by atomic mass is 10.2. The summed E-state index contributed by atoms with van der Waals surface area (Å²) in [6.45, 7) is 2.79. The number of hydrogen-bond donors (Lipinski definition) is 1. The molecule has 0 aliphatic heterocycles.